The number of benzene rings is 2. The van der Waals surface area contributed by atoms with Gasteiger partial charge in [-0.25, -0.2) is 4.99 Å². The van der Waals surface area contributed by atoms with E-state index in [0.29, 0.717) is 23.0 Å². The second-order valence-corrected chi connectivity index (χ2v) is 6.75. The highest BCUT2D eigenvalue weighted by atomic mass is 79.9. The maximum Gasteiger partial charge on any atom is 0.176 e. The molecule has 0 spiro atoms. The molecule has 0 fully saturated rings. The van der Waals surface area contributed by atoms with E-state index in [0.717, 1.165) is 21.3 Å². The quantitative estimate of drug-likeness (QED) is 0.362. The van der Waals surface area contributed by atoms with Crippen molar-refractivity contribution in [3.63, 3.8) is 0 Å². The van der Waals surface area contributed by atoms with Crippen molar-refractivity contribution >= 4 is 39.7 Å². The summed E-state index contributed by atoms with van der Waals surface area (Å²) in [5.41, 5.74) is 3.06. The summed E-state index contributed by atoms with van der Waals surface area (Å²) in [6, 6.07) is 17.5. The minimum Gasteiger partial charge on any atom is -0.483 e. The Morgan fingerprint density at radius 1 is 1.19 bits per heavy atom. The summed E-state index contributed by atoms with van der Waals surface area (Å²) in [5.74, 6) is 0.522. The number of nitrogens with zero attached hydrogens (tertiary/aromatic N) is 3. The van der Waals surface area contributed by atoms with E-state index in [4.69, 9.17) is 16.3 Å². The Labute approximate surface area is 165 Å². The Balaban J connectivity index is 2.20. The number of aliphatic imine (C=N–C) groups is 1. The number of nitriles is 1. The zero-order valence-corrected chi connectivity index (χ0v) is 16.3. The third-order valence-electron chi connectivity index (χ3n) is 3.77. The molecule has 0 radical (unpaired) electrons. The van der Waals surface area contributed by atoms with Gasteiger partial charge < -0.3 is 4.74 Å². The smallest absolute Gasteiger partial charge is 0.176 e. The maximum atomic E-state index is 9.76. The number of hydrogen-bond acceptors (Lipinski definition) is 3. The third-order valence-corrected chi connectivity index (χ3v) is 4.55. The van der Waals surface area contributed by atoms with Gasteiger partial charge in [0, 0.05) is 26.9 Å². The lowest BCUT2D eigenvalue weighted by atomic mass is 10.1. The van der Waals surface area contributed by atoms with Gasteiger partial charge >= 0.3 is 0 Å². The van der Waals surface area contributed by atoms with E-state index in [-0.39, 0.29) is 0 Å². The minimum absolute atomic E-state index is 0.478. The van der Waals surface area contributed by atoms with Gasteiger partial charge in [0.1, 0.15) is 11.6 Å². The molecular weight excluding hydrogens is 414 g/mol. The van der Waals surface area contributed by atoms with Crippen LogP contribution in [0.2, 0.25) is 5.02 Å². The summed E-state index contributed by atoms with van der Waals surface area (Å²) in [6.07, 6.45) is 3.28. The van der Waals surface area contributed by atoms with Gasteiger partial charge in [-0.1, -0.05) is 39.7 Å². The lowest BCUT2D eigenvalue weighted by molar-refractivity contribution is 0.344. The summed E-state index contributed by atoms with van der Waals surface area (Å²) in [6.45, 7) is 2.39. The van der Waals surface area contributed by atoms with Crippen molar-refractivity contribution in [2.45, 2.75) is 6.92 Å². The third kappa shape index (κ3) is 3.82. The zero-order valence-electron chi connectivity index (χ0n) is 14.0. The van der Waals surface area contributed by atoms with Crippen LogP contribution in [-0.2, 0) is 4.74 Å². The summed E-state index contributed by atoms with van der Waals surface area (Å²) < 4.78 is 8.10. The fourth-order valence-electron chi connectivity index (χ4n) is 2.54. The first-order valence-corrected chi connectivity index (χ1v) is 9.12. The highest BCUT2D eigenvalue weighted by Crippen LogP contribution is 2.35. The fourth-order valence-corrected chi connectivity index (χ4v) is 2.93. The number of hydrogen-bond donors (Lipinski definition) is 0. The van der Waals surface area contributed by atoms with E-state index in [1.54, 1.807) is 12.1 Å². The molecule has 0 aliphatic carbocycles. The van der Waals surface area contributed by atoms with Crippen LogP contribution < -0.4 is 0 Å². The average Bonchev–Trinajstić information content (AvgIpc) is 3.02. The Morgan fingerprint density at radius 2 is 1.88 bits per heavy atom. The normalized spacial score (nSPS) is 10.8. The fraction of sp³-hybridized carbons (Fsp3) is 0.100. The van der Waals surface area contributed by atoms with E-state index in [1.807, 2.05) is 54.1 Å². The predicted octanol–water partition coefficient (Wildman–Crippen LogP) is 6.13. The Hall–Kier alpha value is -2.55. The van der Waals surface area contributed by atoms with Crippen molar-refractivity contribution in [1.29, 1.82) is 5.26 Å². The Kier molecular flexibility index (Phi) is 5.77. The summed E-state index contributed by atoms with van der Waals surface area (Å²) in [4.78, 5) is 4.38. The molecule has 26 heavy (non-hydrogen) atoms. The van der Waals surface area contributed by atoms with Crippen LogP contribution in [-0.4, -0.2) is 17.6 Å². The average molecular weight is 429 g/mol. The van der Waals surface area contributed by atoms with E-state index in [9.17, 15) is 5.26 Å². The van der Waals surface area contributed by atoms with Crippen molar-refractivity contribution in [1.82, 2.24) is 4.57 Å². The van der Waals surface area contributed by atoms with Crippen LogP contribution in [0.5, 0.6) is 0 Å². The standard InChI is InChI=1S/C20H15BrClN3O/c1-2-26-13-24-20-18(11-23)19(14-3-7-16(22)8-4-14)12-25(20)17-9-5-15(21)6-10-17/h3-10,12-13H,2H2,1H3/b24-13+. The largest absolute Gasteiger partial charge is 0.483 e. The van der Waals surface area contributed by atoms with Crippen molar-refractivity contribution in [3.05, 3.63) is 69.8 Å². The van der Waals surface area contributed by atoms with Crippen LogP contribution >= 0.6 is 27.5 Å². The molecule has 4 nitrogen and oxygen atoms in total. The molecule has 2 aromatic carbocycles. The molecule has 0 saturated heterocycles. The minimum atomic E-state index is 0.478. The van der Waals surface area contributed by atoms with Gasteiger partial charge in [0.25, 0.3) is 0 Å². The molecule has 0 bridgehead atoms. The Morgan fingerprint density at radius 3 is 2.50 bits per heavy atom. The first kappa shape index (κ1) is 18.2. The number of aromatic nitrogens is 1. The van der Waals surface area contributed by atoms with Gasteiger partial charge in [-0.15, -0.1) is 0 Å². The van der Waals surface area contributed by atoms with Crippen molar-refractivity contribution in [2.75, 3.05) is 6.61 Å². The lowest BCUT2D eigenvalue weighted by Gasteiger charge is -2.06. The summed E-state index contributed by atoms with van der Waals surface area (Å²) in [5, 5.41) is 10.4. The lowest BCUT2D eigenvalue weighted by Crippen LogP contribution is -1.93. The molecule has 3 aromatic rings. The van der Waals surface area contributed by atoms with Gasteiger partial charge in [-0.3, -0.25) is 4.57 Å². The molecule has 6 heteroatoms. The zero-order chi connectivity index (χ0) is 18.5. The SMILES string of the molecule is CCO/C=N/c1c(C#N)c(-c2ccc(Cl)cc2)cn1-c1ccc(Br)cc1. The van der Waals surface area contributed by atoms with E-state index in [2.05, 4.69) is 27.0 Å². The van der Waals surface area contributed by atoms with Gasteiger partial charge in [0.05, 0.1) is 6.61 Å². The van der Waals surface area contributed by atoms with E-state index >= 15 is 0 Å². The molecule has 0 amide bonds. The van der Waals surface area contributed by atoms with Gasteiger partial charge in [-0.2, -0.15) is 5.26 Å². The van der Waals surface area contributed by atoms with Crippen molar-refractivity contribution < 1.29 is 4.74 Å². The number of halogens is 2. The second kappa shape index (κ2) is 8.22. The molecule has 0 aliphatic rings. The first-order valence-electron chi connectivity index (χ1n) is 7.95. The van der Waals surface area contributed by atoms with Gasteiger partial charge in [0.2, 0.25) is 0 Å². The van der Waals surface area contributed by atoms with Gasteiger partial charge in [-0.05, 0) is 48.9 Å². The first-order chi connectivity index (χ1) is 12.6. The van der Waals surface area contributed by atoms with Crippen molar-refractivity contribution in [2.24, 2.45) is 4.99 Å². The molecule has 0 saturated carbocycles. The molecule has 0 aliphatic heterocycles. The maximum absolute atomic E-state index is 9.76. The number of rotatable bonds is 5. The molecule has 0 atom stereocenters. The molecule has 3 rings (SSSR count). The molecule has 0 unspecified atom stereocenters. The predicted molar refractivity (Wildman–Crippen MR) is 108 cm³/mol. The topological polar surface area (TPSA) is 50.3 Å². The van der Waals surface area contributed by atoms with Gasteiger partial charge in [0.15, 0.2) is 12.2 Å². The molecule has 1 aromatic heterocycles. The molecular formula is C20H15BrClN3O. The van der Waals surface area contributed by atoms with Crippen molar-refractivity contribution in [3.8, 4) is 22.9 Å². The second-order valence-electron chi connectivity index (χ2n) is 5.40. The monoisotopic (exact) mass is 427 g/mol. The van der Waals surface area contributed by atoms with Crippen LogP contribution in [0.3, 0.4) is 0 Å². The van der Waals surface area contributed by atoms with Crippen LogP contribution in [0.4, 0.5) is 5.82 Å². The summed E-state index contributed by atoms with van der Waals surface area (Å²) >= 11 is 9.43. The van der Waals surface area contributed by atoms with E-state index in [1.165, 1.54) is 6.40 Å². The van der Waals surface area contributed by atoms with Crippen LogP contribution in [0, 0.1) is 11.3 Å². The highest BCUT2D eigenvalue weighted by Gasteiger charge is 2.18. The van der Waals surface area contributed by atoms with Crippen LogP contribution in [0.15, 0.2) is 64.2 Å². The molecule has 130 valence electrons. The summed E-state index contributed by atoms with van der Waals surface area (Å²) in [7, 11) is 0. The molecule has 0 N–H and O–H groups in total. The number of ether oxygens (including phenoxy) is 1. The van der Waals surface area contributed by atoms with E-state index < -0.39 is 0 Å². The molecule has 1 heterocycles. The Bertz CT molecular complexity index is 970. The van der Waals surface area contributed by atoms with Crippen LogP contribution in [0.1, 0.15) is 12.5 Å². The van der Waals surface area contributed by atoms with Crippen LogP contribution in [0.25, 0.3) is 16.8 Å². The highest BCUT2D eigenvalue weighted by molar-refractivity contribution is 9.10.